The van der Waals surface area contributed by atoms with Crippen molar-refractivity contribution in [2.75, 3.05) is 6.61 Å². The Hall–Kier alpha value is 0.690. The number of hydrogen-bond donors (Lipinski definition) is 0. The lowest BCUT2D eigenvalue weighted by Crippen LogP contribution is -2.99. The topological polar surface area (TPSA) is 9.23 Å². The molecule has 4 unspecified atom stereocenters. The van der Waals surface area contributed by atoms with Crippen molar-refractivity contribution in [2.45, 2.75) is 9.53 Å². The van der Waals surface area contributed by atoms with E-state index in [9.17, 15) is 0 Å². The lowest BCUT2D eigenvalue weighted by atomic mass is 9.15. The molecule has 2 aliphatic heterocycles. The largest absolute Gasteiger partial charge is 0.377 e. The summed E-state index contributed by atoms with van der Waals surface area (Å²) < 4.78 is 6.60. The molecular weight excluding hydrogens is 251 g/mol. The molecule has 0 spiro atoms. The van der Waals surface area contributed by atoms with Crippen LogP contribution in [-0.2, 0) is 4.74 Å². The monoisotopic (exact) mass is 260 g/mol. The molecule has 0 amide bonds. The minimum Gasteiger partial charge on any atom is -0.377 e. The molecule has 6 fully saturated rings. The molecule has 1 nitrogen and oxygen atoms in total. The van der Waals surface area contributed by atoms with E-state index in [1.807, 2.05) is 0 Å². The van der Waals surface area contributed by atoms with Gasteiger partial charge in [0.05, 0.1) is 12.7 Å². The molecule has 0 aromatic rings. The Balaban J connectivity index is 1.80. The second-order valence-corrected chi connectivity index (χ2v) is 6.89. The van der Waals surface area contributed by atoms with Crippen molar-refractivity contribution >= 4 is 22.6 Å². The normalized spacial score (nSPS) is 90.8. The molecule has 58 valence electrons. The predicted molar refractivity (Wildman–Crippen MR) is 47.4 cm³/mol. The van der Waals surface area contributed by atoms with E-state index in [1.165, 1.54) is 5.92 Å². The van der Waals surface area contributed by atoms with Crippen molar-refractivity contribution in [1.29, 1.82) is 0 Å². The van der Waals surface area contributed by atoms with E-state index in [0.717, 1.165) is 45.7 Å². The van der Waals surface area contributed by atoms with E-state index >= 15 is 0 Å². The molecule has 4 aliphatic carbocycles. The van der Waals surface area contributed by atoms with Crippen molar-refractivity contribution in [2.24, 2.45) is 35.5 Å². The minimum absolute atomic E-state index is 0.733. The molecule has 6 rings (SSSR count). The maximum absolute atomic E-state index is 5.82. The quantitative estimate of drug-likeness (QED) is 0.471. The number of fused-ring (bicyclic) bond motifs is 1. The highest BCUT2D eigenvalue weighted by Crippen LogP contribution is 2.93. The van der Waals surface area contributed by atoms with Gasteiger partial charge in [-0.25, -0.2) is 0 Å². The lowest BCUT2D eigenvalue weighted by Gasteiger charge is -2.95. The van der Waals surface area contributed by atoms with Crippen molar-refractivity contribution in [3.05, 3.63) is 0 Å². The van der Waals surface area contributed by atoms with Gasteiger partial charge < -0.3 is 4.74 Å². The fourth-order valence-corrected chi connectivity index (χ4v) is 7.56. The SMILES string of the molecule is IC12C3[C@@H]4C5COC([C@H]41)[C@H]2[C@@H]53. The third kappa shape index (κ3) is 0.260. The van der Waals surface area contributed by atoms with Gasteiger partial charge in [0.25, 0.3) is 0 Å². The average Bonchev–Trinajstić information content (AvgIpc) is 2.00. The first-order valence-corrected chi connectivity index (χ1v) is 5.73. The van der Waals surface area contributed by atoms with Crippen molar-refractivity contribution in [1.82, 2.24) is 0 Å². The van der Waals surface area contributed by atoms with Crippen LogP contribution < -0.4 is 0 Å². The van der Waals surface area contributed by atoms with Crippen LogP contribution in [0.25, 0.3) is 0 Å². The molecular formula is C9H9IO. The number of ether oxygens (including phenoxy) is 1. The van der Waals surface area contributed by atoms with Gasteiger partial charge in [-0.3, -0.25) is 0 Å². The Morgan fingerprint density at radius 1 is 1.18 bits per heavy atom. The first-order valence-electron chi connectivity index (χ1n) is 4.65. The van der Waals surface area contributed by atoms with Gasteiger partial charge in [0.1, 0.15) is 0 Å². The molecule has 0 radical (unpaired) electrons. The molecule has 2 heteroatoms. The van der Waals surface area contributed by atoms with Gasteiger partial charge in [0.2, 0.25) is 0 Å². The summed E-state index contributed by atoms with van der Waals surface area (Å²) in [4.78, 5) is 0. The van der Waals surface area contributed by atoms with Crippen molar-refractivity contribution in [3.8, 4) is 0 Å². The van der Waals surface area contributed by atoms with Crippen LogP contribution in [0, 0.1) is 35.5 Å². The second-order valence-electron chi connectivity index (χ2n) is 5.02. The summed E-state index contributed by atoms with van der Waals surface area (Å²) in [5.74, 6) is 6.50. The van der Waals surface area contributed by atoms with Gasteiger partial charge in [-0.05, 0) is 23.7 Å². The highest BCUT2D eigenvalue weighted by molar-refractivity contribution is 14.1. The van der Waals surface area contributed by atoms with E-state index in [-0.39, 0.29) is 0 Å². The fourth-order valence-electron chi connectivity index (χ4n) is 5.19. The van der Waals surface area contributed by atoms with Crippen LogP contribution in [-0.4, -0.2) is 16.1 Å². The third-order valence-electron chi connectivity index (χ3n) is 5.37. The highest BCUT2D eigenvalue weighted by Gasteiger charge is 2.95. The van der Waals surface area contributed by atoms with Crippen molar-refractivity contribution in [3.63, 3.8) is 0 Å². The zero-order valence-electron chi connectivity index (χ0n) is 6.03. The number of halogens is 1. The Labute approximate surface area is 79.0 Å². The molecule has 0 aromatic heterocycles. The lowest BCUT2D eigenvalue weighted by molar-refractivity contribution is -0.467. The molecule has 11 heavy (non-hydrogen) atoms. The number of hydrogen-bond acceptors (Lipinski definition) is 1. The Bertz CT molecular complexity index is 259. The standard InChI is InChI=1S/C9H9IO/c10-9-5-3-2-1-11-8(6(3)9)7(9)4(2)5/h2-8H,1H2/t2?,3-,4-,5?,6-,7+,8?,9?/m0/s1. The van der Waals surface area contributed by atoms with Gasteiger partial charge in [0.15, 0.2) is 0 Å². The molecule has 8 atom stereocenters. The summed E-state index contributed by atoms with van der Waals surface area (Å²) in [6.45, 7) is 1.12. The van der Waals surface area contributed by atoms with Gasteiger partial charge in [-0.1, -0.05) is 22.6 Å². The summed E-state index contributed by atoms with van der Waals surface area (Å²) in [6, 6.07) is 0. The zero-order valence-corrected chi connectivity index (χ0v) is 8.19. The molecule has 4 saturated carbocycles. The molecule has 0 N–H and O–H groups in total. The first kappa shape index (κ1) is 5.43. The van der Waals surface area contributed by atoms with E-state index in [4.69, 9.17) is 4.74 Å². The molecule has 2 bridgehead atoms. The molecule has 0 aromatic carbocycles. The van der Waals surface area contributed by atoms with Crippen LogP contribution in [0.5, 0.6) is 0 Å². The van der Waals surface area contributed by atoms with Crippen LogP contribution >= 0.6 is 22.6 Å². The van der Waals surface area contributed by atoms with Gasteiger partial charge in [-0.15, -0.1) is 0 Å². The van der Waals surface area contributed by atoms with Crippen LogP contribution in [0.4, 0.5) is 0 Å². The molecule has 2 heterocycles. The maximum atomic E-state index is 5.82. The molecule has 2 saturated heterocycles. The predicted octanol–water partition coefficient (Wildman–Crippen LogP) is 1.31. The Kier molecular flexibility index (Phi) is 0.562. The summed E-state index contributed by atoms with van der Waals surface area (Å²) in [7, 11) is 0. The maximum Gasteiger partial charge on any atom is 0.0663 e. The summed E-state index contributed by atoms with van der Waals surface area (Å²) in [5, 5.41) is 0. The van der Waals surface area contributed by atoms with E-state index in [1.54, 1.807) is 0 Å². The van der Waals surface area contributed by atoms with Gasteiger partial charge >= 0.3 is 0 Å². The van der Waals surface area contributed by atoms with Crippen LogP contribution in [0.2, 0.25) is 0 Å². The van der Waals surface area contributed by atoms with E-state index in [0.29, 0.717) is 0 Å². The molecule has 6 aliphatic rings. The summed E-state index contributed by atoms with van der Waals surface area (Å²) in [6.07, 6.45) is 0.733. The third-order valence-corrected chi connectivity index (χ3v) is 7.53. The smallest absolute Gasteiger partial charge is 0.0663 e. The van der Waals surface area contributed by atoms with E-state index in [2.05, 4.69) is 22.6 Å². The number of alkyl halides is 1. The highest BCUT2D eigenvalue weighted by atomic mass is 127. The fraction of sp³-hybridized carbons (Fsp3) is 1.00. The van der Waals surface area contributed by atoms with Crippen LogP contribution in [0.15, 0.2) is 0 Å². The van der Waals surface area contributed by atoms with Gasteiger partial charge in [-0.2, -0.15) is 0 Å². The Morgan fingerprint density at radius 2 is 1.91 bits per heavy atom. The zero-order chi connectivity index (χ0) is 6.96. The summed E-state index contributed by atoms with van der Waals surface area (Å²) in [5.41, 5.74) is 0. The average molecular weight is 260 g/mol. The Morgan fingerprint density at radius 3 is 2.45 bits per heavy atom. The number of rotatable bonds is 0. The van der Waals surface area contributed by atoms with E-state index < -0.39 is 0 Å². The first-order chi connectivity index (χ1) is 5.35. The summed E-state index contributed by atoms with van der Waals surface area (Å²) >= 11 is 2.74. The minimum atomic E-state index is 0.733. The van der Waals surface area contributed by atoms with Gasteiger partial charge in [0, 0.05) is 15.3 Å². The van der Waals surface area contributed by atoms with Crippen LogP contribution in [0.3, 0.4) is 0 Å². The second kappa shape index (κ2) is 1.14. The van der Waals surface area contributed by atoms with Crippen molar-refractivity contribution < 1.29 is 4.74 Å². The van der Waals surface area contributed by atoms with Crippen LogP contribution in [0.1, 0.15) is 0 Å².